The highest BCUT2D eigenvalue weighted by atomic mass is 32.2. The predicted octanol–water partition coefficient (Wildman–Crippen LogP) is 1.46. The van der Waals surface area contributed by atoms with Crippen LogP contribution in [0.15, 0.2) is 29.2 Å². The molecule has 3 N–H and O–H groups in total. The topological polar surface area (TPSA) is 130 Å². The number of hydrogen-bond donors (Lipinski definition) is 3. The summed E-state index contributed by atoms with van der Waals surface area (Å²) in [5.41, 5.74) is 0. The van der Waals surface area contributed by atoms with Gasteiger partial charge in [-0.3, -0.25) is 9.59 Å². The third-order valence-electron chi connectivity index (χ3n) is 3.35. The number of benzene rings is 1. The van der Waals surface area contributed by atoms with Gasteiger partial charge in [0.05, 0.1) is 12.0 Å². The minimum Gasteiger partial charge on any atom is -0.497 e. The second kappa shape index (κ2) is 9.24. The van der Waals surface area contributed by atoms with E-state index in [9.17, 15) is 18.0 Å². The lowest BCUT2D eigenvalue weighted by atomic mass is 10.1. The van der Waals surface area contributed by atoms with Crippen molar-refractivity contribution < 1.29 is 33.0 Å². The minimum atomic E-state index is -3.97. The van der Waals surface area contributed by atoms with Crippen LogP contribution in [0.4, 0.5) is 0 Å². The van der Waals surface area contributed by atoms with E-state index in [0.717, 1.165) is 0 Å². The molecule has 0 saturated heterocycles. The fourth-order valence-electron chi connectivity index (χ4n) is 2.04. The number of hydrogen-bond acceptors (Lipinski definition) is 5. The maximum atomic E-state index is 12.2. The lowest BCUT2D eigenvalue weighted by Crippen LogP contribution is -2.40. The molecule has 0 aliphatic heterocycles. The summed E-state index contributed by atoms with van der Waals surface area (Å²) in [5.74, 6) is -1.70. The SMILES string of the molecule is COc1ccc(S(=O)(=O)N[C@@H](CCCCCC(=O)O)C(=O)O)cc1. The van der Waals surface area contributed by atoms with E-state index in [2.05, 4.69) is 4.72 Å². The number of carboxylic acid groups (broad SMARTS) is 2. The van der Waals surface area contributed by atoms with Crippen LogP contribution in [-0.2, 0) is 19.6 Å². The molecule has 0 aliphatic rings. The van der Waals surface area contributed by atoms with Crippen molar-refractivity contribution in [3.8, 4) is 5.75 Å². The molecule has 0 bridgehead atoms. The van der Waals surface area contributed by atoms with Gasteiger partial charge in [0.25, 0.3) is 0 Å². The summed E-state index contributed by atoms with van der Waals surface area (Å²) in [7, 11) is -2.52. The van der Waals surface area contributed by atoms with Gasteiger partial charge in [0, 0.05) is 6.42 Å². The van der Waals surface area contributed by atoms with Crippen molar-refractivity contribution in [2.75, 3.05) is 7.11 Å². The second-order valence-corrected chi connectivity index (χ2v) is 6.89. The largest absolute Gasteiger partial charge is 0.497 e. The van der Waals surface area contributed by atoms with Crippen LogP contribution in [0.2, 0.25) is 0 Å². The van der Waals surface area contributed by atoms with Gasteiger partial charge < -0.3 is 14.9 Å². The summed E-state index contributed by atoms with van der Waals surface area (Å²) in [4.78, 5) is 21.6. The maximum absolute atomic E-state index is 12.2. The van der Waals surface area contributed by atoms with Gasteiger partial charge in [-0.05, 0) is 37.1 Å². The normalized spacial score (nSPS) is 12.5. The van der Waals surface area contributed by atoms with Crippen molar-refractivity contribution in [1.82, 2.24) is 4.72 Å². The van der Waals surface area contributed by atoms with Crippen LogP contribution in [-0.4, -0.2) is 43.7 Å². The third-order valence-corrected chi connectivity index (χ3v) is 4.84. The van der Waals surface area contributed by atoms with E-state index < -0.39 is 28.0 Å². The van der Waals surface area contributed by atoms with Crippen LogP contribution in [0.1, 0.15) is 32.1 Å². The van der Waals surface area contributed by atoms with Gasteiger partial charge in [0.15, 0.2) is 0 Å². The molecule has 8 nitrogen and oxygen atoms in total. The molecule has 0 aromatic heterocycles. The van der Waals surface area contributed by atoms with Crippen LogP contribution in [0.3, 0.4) is 0 Å². The third kappa shape index (κ3) is 6.55. The van der Waals surface area contributed by atoms with Crippen LogP contribution < -0.4 is 9.46 Å². The summed E-state index contributed by atoms with van der Waals surface area (Å²) >= 11 is 0. The summed E-state index contributed by atoms with van der Waals surface area (Å²) in [5, 5.41) is 17.7. The lowest BCUT2D eigenvalue weighted by molar-refractivity contribution is -0.139. The molecule has 24 heavy (non-hydrogen) atoms. The molecule has 1 aromatic carbocycles. The molecule has 0 radical (unpaired) electrons. The summed E-state index contributed by atoms with van der Waals surface area (Å²) in [6.45, 7) is 0. The molecule has 9 heteroatoms. The molecule has 0 spiro atoms. The maximum Gasteiger partial charge on any atom is 0.321 e. The molecule has 0 heterocycles. The Morgan fingerprint density at radius 1 is 1.12 bits per heavy atom. The quantitative estimate of drug-likeness (QED) is 0.510. The number of unbranched alkanes of at least 4 members (excludes halogenated alkanes) is 2. The van der Waals surface area contributed by atoms with Crippen molar-refractivity contribution >= 4 is 22.0 Å². The van der Waals surface area contributed by atoms with Crippen molar-refractivity contribution in [1.29, 1.82) is 0 Å². The van der Waals surface area contributed by atoms with Gasteiger partial charge in [-0.15, -0.1) is 0 Å². The highest BCUT2D eigenvalue weighted by Gasteiger charge is 2.25. The summed E-state index contributed by atoms with van der Waals surface area (Å²) in [6.07, 6.45) is 1.45. The molecular formula is C15H21NO7S. The van der Waals surface area contributed by atoms with Gasteiger partial charge in [-0.25, -0.2) is 8.42 Å². The number of ether oxygens (including phenoxy) is 1. The first-order chi connectivity index (χ1) is 11.3. The van der Waals surface area contributed by atoms with E-state index in [4.69, 9.17) is 14.9 Å². The Kier molecular flexibility index (Phi) is 7.66. The molecule has 0 unspecified atom stereocenters. The molecule has 0 saturated carbocycles. The zero-order chi connectivity index (χ0) is 18.2. The average molecular weight is 359 g/mol. The fraction of sp³-hybridized carbons (Fsp3) is 0.467. The fourth-order valence-corrected chi connectivity index (χ4v) is 3.27. The molecule has 1 rings (SSSR count). The van der Waals surface area contributed by atoms with E-state index >= 15 is 0 Å². The molecular weight excluding hydrogens is 338 g/mol. The first-order valence-corrected chi connectivity index (χ1v) is 8.85. The first-order valence-electron chi connectivity index (χ1n) is 7.37. The Hall–Kier alpha value is -2.13. The smallest absolute Gasteiger partial charge is 0.321 e. The van der Waals surface area contributed by atoms with Crippen LogP contribution in [0.25, 0.3) is 0 Å². The Morgan fingerprint density at radius 3 is 2.25 bits per heavy atom. The van der Waals surface area contributed by atoms with Gasteiger partial charge in [0.2, 0.25) is 10.0 Å². The molecule has 0 amide bonds. The van der Waals surface area contributed by atoms with Gasteiger partial charge in [0.1, 0.15) is 11.8 Å². The highest BCUT2D eigenvalue weighted by Crippen LogP contribution is 2.16. The molecule has 134 valence electrons. The van der Waals surface area contributed by atoms with Crippen molar-refractivity contribution in [2.24, 2.45) is 0 Å². The number of nitrogens with one attached hydrogen (secondary N) is 1. The zero-order valence-corrected chi connectivity index (χ0v) is 14.1. The van der Waals surface area contributed by atoms with E-state index in [-0.39, 0.29) is 17.7 Å². The van der Waals surface area contributed by atoms with E-state index in [1.807, 2.05) is 0 Å². The molecule has 0 aliphatic carbocycles. The number of rotatable bonds is 11. The predicted molar refractivity (Wildman–Crippen MR) is 85.5 cm³/mol. The van der Waals surface area contributed by atoms with E-state index in [1.165, 1.54) is 31.4 Å². The summed E-state index contributed by atoms with van der Waals surface area (Å²) < 4.78 is 31.6. The average Bonchev–Trinajstić information content (AvgIpc) is 2.53. The number of carboxylic acids is 2. The number of sulfonamides is 1. The minimum absolute atomic E-state index is 0.00924. The molecule has 1 aromatic rings. The van der Waals surface area contributed by atoms with Crippen LogP contribution in [0, 0.1) is 0 Å². The number of carbonyl (C=O) groups is 2. The highest BCUT2D eigenvalue weighted by molar-refractivity contribution is 7.89. The van der Waals surface area contributed by atoms with Gasteiger partial charge in [-0.1, -0.05) is 12.8 Å². The van der Waals surface area contributed by atoms with E-state index in [0.29, 0.717) is 25.0 Å². The zero-order valence-electron chi connectivity index (χ0n) is 13.3. The monoisotopic (exact) mass is 359 g/mol. The molecule has 1 atom stereocenters. The Bertz CT molecular complexity index is 655. The Morgan fingerprint density at radius 2 is 1.75 bits per heavy atom. The van der Waals surface area contributed by atoms with Crippen molar-refractivity contribution in [3.05, 3.63) is 24.3 Å². The Labute approximate surface area is 140 Å². The second-order valence-electron chi connectivity index (χ2n) is 5.18. The van der Waals surface area contributed by atoms with Crippen molar-refractivity contribution in [3.63, 3.8) is 0 Å². The van der Waals surface area contributed by atoms with Gasteiger partial charge >= 0.3 is 11.9 Å². The van der Waals surface area contributed by atoms with Crippen LogP contribution >= 0.6 is 0 Å². The van der Waals surface area contributed by atoms with Gasteiger partial charge in [-0.2, -0.15) is 4.72 Å². The van der Waals surface area contributed by atoms with E-state index in [1.54, 1.807) is 0 Å². The van der Waals surface area contributed by atoms with Crippen LogP contribution in [0.5, 0.6) is 5.75 Å². The number of aliphatic carboxylic acids is 2. The molecule has 0 fully saturated rings. The lowest BCUT2D eigenvalue weighted by Gasteiger charge is -2.15. The summed E-state index contributed by atoms with van der Waals surface area (Å²) in [6, 6.07) is 4.33. The first kappa shape index (κ1) is 19.9. The number of methoxy groups -OCH3 is 1. The Balaban J connectivity index is 2.65. The van der Waals surface area contributed by atoms with Crippen molar-refractivity contribution in [2.45, 2.75) is 43.0 Å². The standard InChI is InChI=1S/C15H21NO7S/c1-23-11-7-9-12(10-8-11)24(21,22)16-13(15(19)20)5-3-2-4-6-14(17)18/h7-10,13,16H,2-6H2,1H3,(H,17,18)(H,19,20)/t13-/m0/s1.